The normalized spacial score (nSPS) is 15.4. The molecule has 0 unspecified atom stereocenters. The van der Waals surface area contributed by atoms with Crippen molar-refractivity contribution in [2.75, 3.05) is 18.8 Å². The summed E-state index contributed by atoms with van der Waals surface area (Å²) in [6.07, 6.45) is 7.49. The number of aromatic nitrogens is 3. The van der Waals surface area contributed by atoms with E-state index < -0.39 is 0 Å². The lowest BCUT2D eigenvalue weighted by atomic mass is 10.2. The SMILES string of the molecule is CCCCNCCSc1nnc2n1CCCCC2. The Balaban J connectivity index is 1.74. The molecule has 5 heteroatoms. The fraction of sp³-hybridized carbons (Fsp3) is 0.846. The molecule has 0 aromatic carbocycles. The predicted molar refractivity (Wildman–Crippen MR) is 76.1 cm³/mol. The summed E-state index contributed by atoms with van der Waals surface area (Å²) >= 11 is 1.84. The van der Waals surface area contributed by atoms with Crippen LogP contribution in [0.3, 0.4) is 0 Å². The molecule has 1 aromatic heterocycles. The van der Waals surface area contributed by atoms with Crippen molar-refractivity contribution in [2.24, 2.45) is 0 Å². The van der Waals surface area contributed by atoms with E-state index in [1.54, 1.807) is 0 Å². The van der Waals surface area contributed by atoms with Crippen LogP contribution in [0, 0.1) is 0 Å². The molecule has 0 amide bonds. The molecule has 2 heterocycles. The molecule has 2 rings (SSSR count). The first kappa shape index (κ1) is 13.9. The van der Waals surface area contributed by atoms with Crippen LogP contribution in [0.5, 0.6) is 0 Å². The van der Waals surface area contributed by atoms with Crippen molar-refractivity contribution in [3.63, 3.8) is 0 Å². The second kappa shape index (κ2) is 7.79. The second-order valence-corrected chi connectivity index (χ2v) is 5.88. The van der Waals surface area contributed by atoms with Gasteiger partial charge in [0.15, 0.2) is 5.16 Å². The Kier molecular flexibility index (Phi) is 6.00. The van der Waals surface area contributed by atoms with Gasteiger partial charge in [-0.05, 0) is 25.8 Å². The van der Waals surface area contributed by atoms with Crippen molar-refractivity contribution < 1.29 is 0 Å². The Bertz CT molecular complexity index is 351. The summed E-state index contributed by atoms with van der Waals surface area (Å²) < 4.78 is 2.32. The third-order valence-corrected chi connectivity index (χ3v) is 4.26. The van der Waals surface area contributed by atoms with Crippen molar-refractivity contribution in [3.05, 3.63) is 5.82 Å². The minimum absolute atomic E-state index is 1.06. The first-order chi connectivity index (χ1) is 8.92. The molecule has 0 bridgehead atoms. The molecule has 0 saturated carbocycles. The zero-order valence-electron chi connectivity index (χ0n) is 11.3. The lowest BCUT2D eigenvalue weighted by Crippen LogP contribution is -2.18. The third kappa shape index (κ3) is 3.99. The standard InChI is InChI=1S/C13H24N4S/c1-2-3-8-14-9-11-18-13-16-15-12-7-5-4-6-10-17(12)13/h14H,2-11H2,1H3. The maximum absolute atomic E-state index is 4.32. The maximum Gasteiger partial charge on any atom is 0.191 e. The molecule has 1 aliphatic heterocycles. The number of nitrogens with zero attached hydrogens (tertiary/aromatic N) is 3. The van der Waals surface area contributed by atoms with E-state index in [-0.39, 0.29) is 0 Å². The van der Waals surface area contributed by atoms with Gasteiger partial charge in [0.25, 0.3) is 0 Å². The Labute approximate surface area is 114 Å². The van der Waals surface area contributed by atoms with E-state index in [2.05, 4.69) is 27.0 Å². The second-order valence-electron chi connectivity index (χ2n) is 4.81. The van der Waals surface area contributed by atoms with Gasteiger partial charge in [-0.2, -0.15) is 0 Å². The Morgan fingerprint density at radius 2 is 2.17 bits per heavy atom. The summed E-state index contributed by atoms with van der Waals surface area (Å²) in [6.45, 7) is 5.53. The van der Waals surface area contributed by atoms with Gasteiger partial charge in [-0.15, -0.1) is 10.2 Å². The summed E-state index contributed by atoms with van der Waals surface area (Å²) in [5, 5.41) is 13.2. The highest BCUT2D eigenvalue weighted by atomic mass is 32.2. The molecular weight excluding hydrogens is 244 g/mol. The molecule has 1 N–H and O–H groups in total. The van der Waals surface area contributed by atoms with E-state index in [1.807, 2.05) is 11.8 Å². The summed E-state index contributed by atoms with van der Waals surface area (Å²) in [5.41, 5.74) is 0. The fourth-order valence-corrected chi connectivity index (χ4v) is 3.09. The van der Waals surface area contributed by atoms with E-state index in [0.29, 0.717) is 0 Å². The predicted octanol–water partition coefficient (Wildman–Crippen LogP) is 2.49. The van der Waals surface area contributed by atoms with Crippen LogP contribution in [0.1, 0.15) is 44.9 Å². The van der Waals surface area contributed by atoms with E-state index >= 15 is 0 Å². The molecule has 1 aromatic rings. The number of unbranched alkanes of at least 4 members (excludes halogenated alkanes) is 1. The average Bonchev–Trinajstić information content (AvgIpc) is 2.62. The van der Waals surface area contributed by atoms with Gasteiger partial charge >= 0.3 is 0 Å². The van der Waals surface area contributed by atoms with E-state index in [4.69, 9.17) is 0 Å². The van der Waals surface area contributed by atoms with Crippen molar-refractivity contribution in [2.45, 2.75) is 57.1 Å². The van der Waals surface area contributed by atoms with Gasteiger partial charge in [0.05, 0.1) is 0 Å². The number of rotatable bonds is 7. The van der Waals surface area contributed by atoms with Crippen molar-refractivity contribution >= 4 is 11.8 Å². The lowest BCUT2D eigenvalue weighted by molar-refractivity contribution is 0.590. The van der Waals surface area contributed by atoms with E-state index in [0.717, 1.165) is 37.0 Å². The smallest absolute Gasteiger partial charge is 0.191 e. The zero-order chi connectivity index (χ0) is 12.6. The van der Waals surface area contributed by atoms with Crippen LogP contribution >= 0.6 is 11.8 Å². The third-order valence-electron chi connectivity index (χ3n) is 3.29. The first-order valence-corrected chi connectivity index (χ1v) is 8.16. The minimum Gasteiger partial charge on any atom is -0.316 e. The maximum atomic E-state index is 4.32. The van der Waals surface area contributed by atoms with Gasteiger partial charge in [0.2, 0.25) is 0 Å². The van der Waals surface area contributed by atoms with Gasteiger partial charge in [0.1, 0.15) is 5.82 Å². The minimum atomic E-state index is 1.06. The number of hydrogen-bond acceptors (Lipinski definition) is 4. The highest BCUT2D eigenvalue weighted by Gasteiger charge is 2.14. The van der Waals surface area contributed by atoms with E-state index in [1.165, 1.54) is 37.9 Å². The number of aryl methyl sites for hydroxylation is 1. The summed E-state index contributed by atoms with van der Waals surface area (Å²) in [4.78, 5) is 0. The Morgan fingerprint density at radius 3 is 3.06 bits per heavy atom. The number of nitrogens with one attached hydrogen (secondary N) is 1. The van der Waals surface area contributed by atoms with Crippen LogP contribution in [0.2, 0.25) is 0 Å². The van der Waals surface area contributed by atoms with Crippen LogP contribution in [0.15, 0.2) is 5.16 Å². The van der Waals surface area contributed by atoms with Gasteiger partial charge in [-0.25, -0.2) is 0 Å². The van der Waals surface area contributed by atoms with Crippen molar-refractivity contribution in [1.29, 1.82) is 0 Å². The van der Waals surface area contributed by atoms with Crippen LogP contribution in [-0.2, 0) is 13.0 Å². The Morgan fingerprint density at radius 1 is 1.22 bits per heavy atom. The van der Waals surface area contributed by atoms with Gasteiger partial charge in [-0.3, -0.25) is 0 Å². The molecule has 0 aliphatic carbocycles. The van der Waals surface area contributed by atoms with Crippen LogP contribution in [-0.4, -0.2) is 33.6 Å². The molecule has 0 saturated heterocycles. The topological polar surface area (TPSA) is 42.7 Å². The summed E-state index contributed by atoms with van der Waals surface area (Å²) in [5.74, 6) is 2.27. The van der Waals surface area contributed by atoms with Gasteiger partial charge < -0.3 is 9.88 Å². The number of thioether (sulfide) groups is 1. The molecular formula is C13H24N4S. The molecule has 1 aliphatic rings. The first-order valence-electron chi connectivity index (χ1n) is 7.17. The average molecular weight is 268 g/mol. The largest absolute Gasteiger partial charge is 0.316 e. The highest BCUT2D eigenvalue weighted by molar-refractivity contribution is 7.99. The molecule has 0 atom stereocenters. The molecule has 4 nitrogen and oxygen atoms in total. The Hall–Kier alpha value is -0.550. The fourth-order valence-electron chi connectivity index (χ4n) is 2.21. The van der Waals surface area contributed by atoms with Gasteiger partial charge in [0, 0.05) is 25.3 Å². The van der Waals surface area contributed by atoms with Crippen molar-refractivity contribution in [1.82, 2.24) is 20.1 Å². The van der Waals surface area contributed by atoms with Crippen LogP contribution in [0.4, 0.5) is 0 Å². The van der Waals surface area contributed by atoms with Crippen molar-refractivity contribution in [3.8, 4) is 0 Å². The zero-order valence-corrected chi connectivity index (χ0v) is 12.1. The quantitative estimate of drug-likeness (QED) is 0.609. The molecule has 0 radical (unpaired) electrons. The number of hydrogen-bond donors (Lipinski definition) is 1. The summed E-state index contributed by atoms with van der Waals surface area (Å²) in [6, 6.07) is 0. The van der Waals surface area contributed by atoms with Crippen LogP contribution < -0.4 is 5.32 Å². The number of fused-ring (bicyclic) bond motifs is 1. The monoisotopic (exact) mass is 268 g/mol. The van der Waals surface area contributed by atoms with Crippen LogP contribution in [0.25, 0.3) is 0 Å². The lowest BCUT2D eigenvalue weighted by Gasteiger charge is -2.06. The molecule has 0 spiro atoms. The van der Waals surface area contributed by atoms with E-state index in [9.17, 15) is 0 Å². The summed E-state index contributed by atoms with van der Waals surface area (Å²) in [7, 11) is 0. The van der Waals surface area contributed by atoms with Gasteiger partial charge in [-0.1, -0.05) is 31.5 Å². The molecule has 18 heavy (non-hydrogen) atoms. The molecule has 0 fully saturated rings. The highest BCUT2D eigenvalue weighted by Crippen LogP contribution is 2.21. The molecule has 102 valence electrons.